The Kier molecular flexibility index (Phi) is 4.11. The topological polar surface area (TPSA) is 81.2 Å². The van der Waals surface area contributed by atoms with Gasteiger partial charge in [-0.15, -0.1) is 0 Å². The molecular formula is C13H24N4O2S. The van der Waals surface area contributed by atoms with Crippen LogP contribution in [0.2, 0.25) is 0 Å². The fraction of sp³-hybridized carbons (Fsp3) is 0.769. The van der Waals surface area contributed by atoms with Gasteiger partial charge in [0.05, 0.1) is 17.2 Å². The van der Waals surface area contributed by atoms with Crippen LogP contribution in [0.3, 0.4) is 0 Å². The normalized spacial score (nSPS) is 22.9. The Morgan fingerprint density at radius 1 is 1.55 bits per heavy atom. The maximum Gasteiger partial charge on any atom is 0.152 e. The lowest BCUT2D eigenvalue weighted by Gasteiger charge is -2.27. The minimum atomic E-state index is -2.89. The smallest absolute Gasteiger partial charge is 0.152 e. The lowest BCUT2D eigenvalue weighted by Crippen LogP contribution is -2.35. The van der Waals surface area contributed by atoms with Crippen LogP contribution in [-0.2, 0) is 23.3 Å². The Bertz CT molecular complexity index is 592. The SMILES string of the molecule is Cc1nn(C)c(N(C)C2CCS(=O)(=O)C2)c1CC(C)N. The number of nitrogens with zero attached hydrogens (tertiary/aromatic N) is 3. The quantitative estimate of drug-likeness (QED) is 0.861. The molecule has 0 bridgehead atoms. The summed E-state index contributed by atoms with van der Waals surface area (Å²) in [7, 11) is 0.960. The molecule has 0 radical (unpaired) electrons. The fourth-order valence-electron chi connectivity index (χ4n) is 2.95. The van der Waals surface area contributed by atoms with Gasteiger partial charge in [-0.3, -0.25) is 4.68 Å². The standard InChI is InChI=1S/C13H24N4O2S/c1-9(14)7-12-10(2)15-17(4)13(12)16(3)11-5-6-20(18,19)8-11/h9,11H,5-8,14H2,1-4H3. The second-order valence-electron chi connectivity index (χ2n) is 5.86. The molecule has 114 valence electrons. The first kappa shape index (κ1) is 15.3. The Labute approximate surface area is 120 Å². The van der Waals surface area contributed by atoms with Crippen LogP contribution in [-0.4, -0.2) is 48.8 Å². The van der Waals surface area contributed by atoms with Crippen molar-refractivity contribution in [3.63, 3.8) is 0 Å². The molecule has 20 heavy (non-hydrogen) atoms. The van der Waals surface area contributed by atoms with Crippen molar-refractivity contribution in [3.05, 3.63) is 11.3 Å². The van der Waals surface area contributed by atoms with Gasteiger partial charge in [0.15, 0.2) is 9.84 Å². The third kappa shape index (κ3) is 2.98. The highest BCUT2D eigenvalue weighted by Crippen LogP contribution is 2.28. The monoisotopic (exact) mass is 300 g/mol. The van der Waals surface area contributed by atoms with Crippen molar-refractivity contribution >= 4 is 15.7 Å². The van der Waals surface area contributed by atoms with Gasteiger partial charge in [-0.1, -0.05) is 0 Å². The van der Waals surface area contributed by atoms with E-state index in [1.165, 1.54) is 0 Å². The van der Waals surface area contributed by atoms with E-state index < -0.39 is 9.84 Å². The van der Waals surface area contributed by atoms with Crippen LogP contribution in [0.5, 0.6) is 0 Å². The second kappa shape index (κ2) is 5.37. The molecular weight excluding hydrogens is 276 g/mol. The van der Waals surface area contributed by atoms with Crippen LogP contribution >= 0.6 is 0 Å². The number of rotatable bonds is 4. The molecule has 0 aromatic carbocycles. The minimum absolute atomic E-state index is 0.0293. The molecule has 0 saturated carbocycles. The molecule has 2 heterocycles. The summed E-state index contributed by atoms with van der Waals surface area (Å²) in [4.78, 5) is 2.06. The molecule has 2 unspecified atom stereocenters. The van der Waals surface area contributed by atoms with Gasteiger partial charge in [0.1, 0.15) is 5.82 Å². The molecule has 1 aliphatic rings. The molecule has 7 heteroatoms. The van der Waals surface area contributed by atoms with Crippen molar-refractivity contribution in [1.29, 1.82) is 0 Å². The summed E-state index contributed by atoms with van der Waals surface area (Å²) in [5, 5.41) is 4.46. The van der Waals surface area contributed by atoms with Gasteiger partial charge in [-0.25, -0.2) is 8.42 Å². The maximum atomic E-state index is 11.7. The number of hydrogen-bond donors (Lipinski definition) is 1. The number of aromatic nitrogens is 2. The van der Waals surface area contributed by atoms with Crippen LogP contribution in [0, 0.1) is 6.92 Å². The van der Waals surface area contributed by atoms with Crippen LogP contribution in [0.15, 0.2) is 0 Å². The van der Waals surface area contributed by atoms with E-state index in [0.29, 0.717) is 6.42 Å². The summed E-state index contributed by atoms with van der Waals surface area (Å²) in [5.74, 6) is 1.49. The molecule has 1 aliphatic heterocycles. The number of sulfone groups is 1. The highest BCUT2D eigenvalue weighted by Gasteiger charge is 2.33. The molecule has 1 aromatic rings. The van der Waals surface area contributed by atoms with E-state index in [2.05, 4.69) is 10.00 Å². The van der Waals surface area contributed by atoms with E-state index in [4.69, 9.17) is 5.73 Å². The Morgan fingerprint density at radius 3 is 2.70 bits per heavy atom. The van der Waals surface area contributed by atoms with Crippen LogP contribution in [0.4, 0.5) is 5.82 Å². The van der Waals surface area contributed by atoms with Gasteiger partial charge in [-0.05, 0) is 26.7 Å². The van der Waals surface area contributed by atoms with Crippen molar-refractivity contribution in [1.82, 2.24) is 9.78 Å². The molecule has 2 atom stereocenters. The highest BCUT2D eigenvalue weighted by atomic mass is 32.2. The lowest BCUT2D eigenvalue weighted by atomic mass is 10.1. The summed E-state index contributed by atoms with van der Waals surface area (Å²) in [5.41, 5.74) is 8.00. The third-order valence-corrected chi connectivity index (χ3v) is 5.68. The van der Waals surface area contributed by atoms with E-state index in [1.807, 2.05) is 32.6 Å². The van der Waals surface area contributed by atoms with E-state index >= 15 is 0 Å². The summed E-state index contributed by atoms with van der Waals surface area (Å²) < 4.78 is 25.2. The predicted molar refractivity (Wildman–Crippen MR) is 80.8 cm³/mol. The van der Waals surface area contributed by atoms with Crippen molar-refractivity contribution in [3.8, 4) is 0 Å². The molecule has 0 aliphatic carbocycles. The summed E-state index contributed by atoms with van der Waals surface area (Å²) in [6, 6.07) is 0.0824. The second-order valence-corrected chi connectivity index (χ2v) is 8.09. The first-order valence-corrected chi connectivity index (χ1v) is 8.74. The summed E-state index contributed by atoms with van der Waals surface area (Å²) in [6.45, 7) is 3.94. The largest absolute Gasteiger partial charge is 0.356 e. The van der Waals surface area contributed by atoms with Gasteiger partial charge in [0.25, 0.3) is 0 Å². The molecule has 1 fully saturated rings. The van der Waals surface area contributed by atoms with Gasteiger partial charge in [0.2, 0.25) is 0 Å². The van der Waals surface area contributed by atoms with Gasteiger partial charge in [-0.2, -0.15) is 5.10 Å². The zero-order chi connectivity index (χ0) is 15.1. The highest BCUT2D eigenvalue weighted by molar-refractivity contribution is 7.91. The molecule has 0 spiro atoms. The molecule has 1 aromatic heterocycles. The van der Waals surface area contributed by atoms with E-state index in [1.54, 1.807) is 0 Å². The Balaban J connectivity index is 2.32. The molecule has 0 amide bonds. The number of nitrogens with two attached hydrogens (primary N) is 1. The molecule has 6 nitrogen and oxygen atoms in total. The zero-order valence-corrected chi connectivity index (χ0v) is 13.4. The first-order chi connectivity index (χ1) is 9.21. The number of hydrogen-bond acceptors (Lipinski definition) is 5. The summed E-state index contributed by atoms with van der Waals surface area (Å²) >= 11 is 0. The van der Waals surface area contributed by atoms with Crippen LogP contribution in [0.25, 0.3) is 0 Å². The molecule has 2 rings (SSSR count). The first-order valence-electron chi connectivity index (χ1n) is 6.92. The lowest BCUT2D eigenvalue weighted by molar-refractivity contribution is 0.599. The van der Waals surface area contributed by atoms with Crippen molar-refractivity contribution < 1.29 is 8.42 Å². The van der Waals surface area contributed by atoms with Crippen LogP contribution in [0.1, 0.15) is 24.6 Å². The zero-order valence-electron chi connectivity index (χ0n) is 12.6. The number of aryl methyl sites for hydroxylation is 2. The van der Waals surface area contributed by atoms with Crippen molar-refractivity contribution in [2.75, 3.05) is 23.5 Å². The average molecular weight is 300 g/mol. The maximum absolute atomic E-state index is 11.7. The van der Waals surface area contributed by atoms with Crippen molar-refractivity contribution in [2.45, 2.75) is 38.8 Å². The van der Waals surface area contributed by atoms with Gasteiger partial charge >= 0.3 is 0 Å². The minimum Gasteiger partial charge on any atom is -0.356 e. The number of anilines is 1. The third-order valence-electron chi connectivity index (χ3n) is 3.93. The van der Waals surface area contributed by atoms with Crippen molar-refractivity contribution in [2.24, 2.45) is 12.8 Å². The predicted octanol–water partition coefficient (Wildman–Crippen LogP) is 0.242. The van der Waals surface area contributed by atoms with E-state index in [0.717, 1.165) is 23.5 Å². The Hall–Kier alpha value is -1.08. The Morgan fingerprint density at radius 2 is 2.20 bits per heavy atom. The van der Waals surface area contributed by atoms with Gasteiger partial charge < -0.3 is 10.6 Å². The molecule has 2 N–H and O–H groups in total. The van der Waals surface area contributed by atoms with E-state index in [-0.39, 0.29) is 23.6 Å². The van der Waals surface area contributed by atoms with Crippen LogP contribution < -0.4 is 10.6 Å². The molecule has 1 saturated heterocycles. The van der Waals surface area contributed by atoms with Gasteiger partial charge in [0, 0.05) is 31.7 Å². The summed E-state index contributed by atoms with van der Waals surface area (Å²) in [6.07, 6.45) is 1.43. The average Bonchev–Trinajstić information content (AvgIpc) is 2.79. The van der Waals surface area contributed by atoms with E-state index in [9.17, 15) is 8.42 Å². The fourth-order valence-corrected chi connectivity index (χ4v) is 4.72.